The van der Waals surface area contributed by atoms with Crippen LogP contribution >= 0.6 is 11.6 Å². The number of rotatable bonds is 8. The second-order valence-electron chi connectivity index (χ2n) is 10.9. The molecule has 282 valence electrons. The van der Waals surface area contributed by atoms with Crippen molar-refractivity contribution < 1.29 is 59.0 Å². The predicted molar refractivity (Wildman–Crippen MR) is 210 cm³/mol. The normalized spacial score (nSPS) is 12.4. The Bertz CT molecular complexity index is 3130. The first-order chi connectivity index (χ1) is 25.2. The summed E-state index contributed by atoms with van der Waals surface area (Å²) >= 11 is 6.11. The molecule has 0 fully saturated rings. The molecule has 0 bridgehead atoms. The molecular weight excluding hydrogens is 890 g/mol. The third-order valence-corrected chi connectivity index (χ3v) is 10.2. The average Bonchev–Trinajstić information content (AvgIpc) is 3.05. The Morgan fingerprint density at radius 1 is 0.707 bits per heavy atom. The van der Waals surface area contributed by atoms with Crippen LogP contribution in [0.3, 0.4) is 0 Å². The minimum absolute atomic E-state index is 0. The van der Waals surface area contributed by atoms with E-state index in [2.05, 4.69) is 35.2 Å². The van der Waals surface area contributed by atoms with E-state index in [1.807, 2.05) is 0 Å². The standard InChI is InChI=1S/C30H20ClN7O13S3.4Na/c31-28-34-29(32-15-6-7-18(27(41)42)21(39)11-15)36-30(35-28)33-20-12-16(52(43,44)45)9-14-10-22(53(46,47)48)24(25(40)23(14)20)38-37-19-8-5-13-3-1-2-4-17(13)26(19)54(49,50)51;;;;/h1-12,39-40H,(H,41,42)(H,43,44,45)(H,46,47,48)(H,49,50,51)(H2,32,33,34,35,36);;;;. The topological polar surface area (TPSA) is 335 Å². The van der Waals surface area contributed by atoms with Crippen molar-refractivity contribution in [3.05, 3.63) is 94.9 Å². The SMILES string of the molecule is O=C(O)c1ccc(N=c2nc(Cl)[nH]c(=Nc3cc(S(=O)(=O)O)cc4cc(S(=O)(=O)O)c(N=Nc5ccc6ccccc6c5S(=O)(=O)O)c(O)c34)[nH]2)cc1O.[Na].[Na].[Na].[Na]. The van der Waals surface area contributed by atoms with Crippen molar-refractivity contribution in [1.29, 1.82) is 0 Å². The second kappa shape index (κ2) is 20.2. The number of benzene rings is 5. The van der Waals surface area contributed by atoms with Crippen LogP contribution in [0.4, 0.5) is 22.7 Å². The van der Waals surface area contributed by atoms with Crippen molar-refractivity contribution in [2.75, 3.05) is 0 Å². The number of phenols is 2. The Labute approximate surface area is 420 Å². The van der Waals surface area contributed by atoms with Gasteiger partial charge in [0, 0.05) is 130 Å². The molecular formula is C30H20ClN7Na4O13S3. The molecule has 0 spiro atoms. The number of carboxylic acids is 1. The summed E-state index contributed by atoms with van der Waals surface area (Å²) in [6.07, 6.45) is 0. The number of carbonyl (C=O) groups is 1. The van der Waals surface area contributed by atoms with Gasteiger partial charge in [-0.2, -0.15) is 30.2 Å². The van der Waals surface area contributed by atoms with E-state index in [0.29, 0.717) is 11.5 Å². The Balaban J connectivity index is 0.00000290. The zero-order valence-corrected chi connectivity index (χ0v) is 41.5. The van der Waals surface area contributed by atoms with Crippen molar-refractivity contribution in [2.24, 2.45) is 20.2 Å². The molecule has 6 aromatic rings. The summed E-state index contributed by atoms with van der Waals surface area (Å²) in [6.45, 7) is 0. The molecule has 4 radical (unpaired) electrons. The van der Waals surface area contributed by atoms with Gasteiger partial charge in [-0.1, -0.05) is 30.3 Å². The smallest absolute Gasteiger partial charge is 0.339 e. The number of nitrogens with one attached hydrogen (secondary N) is 2. The van der Waals surface area contributed by atoms with E-state index in [9.17, 15) is 53.9 Å². The third-order valence-electron chi connectivity index (χ3n) is 7.39. The van der Waals surface area contributed by atoms with E-state index < -0.39 is 95.9 Å². The van der Waals surface area contributed by atoms with E-state index in [1.54, 1.807) is 6.07 Å². The van der Waals surface area contributed by atoms with Gasteiger partial charge in [-0.25, -0.2) is 14.8 Å². The van der Waals surface area contributed by atoms with E-state index in [4.69, 9.17) is 16.7 Å². The second-order valence-corrected chi connectivity index (χ2v) is 15.5. The summed E-state index contributed by atoms with van der Waals surface area (Å²) < 4.78 is 104. The van der Waals surface area contributed by atoms with Crippen molar-refractivity contribution in [1.82, 2.24) is 15.0 Å². The summed E-state index contributed by atoms with van der Waals surface area (Å²) in [4.78, 5) is 25.8. The van der Waals surface area contributed by atoms with Crippen molar-refractivity contribution >= 4 is 210 Å². The van der Waals surface area contributed by atoms with Crippen LogP contribution in [0.15, 0.2) is 108 Å². The molecule has 0 saturated heterocycles. The number of H-pyrrole nitrogens is 2. The van der Waals surface area contributed by atoms with Gasteiger partial charge in [-0.05, 0) is 58.8 Å². The van der Waals surface area contributed by atoms with Crippen LogP contribution < -0.4 is 11.2 Å². The zero-order chi connectivity index (χ0) is 39.3. The molecule has 0 aliphatic heterocycles. The molecule has 20 nitrogen and oxygen atoms in total. The molecule has 0 amide bonds. The van der Waals surface area contributed by atoms with Gasteiger partial charge in [0.25, 0.3) is 30.4 Å². The number of aromatic hydroxyl groups is 2. The number of aromatic carboxylic acids is 1. The summed E-state index contributed by atoms with van der Waals surface area (Å²) in [5, 5.41) is 37.3. The molecule has 0 atom stereocenters. The maximum atomic E-state index is 12.5. The largest absolute Gasteiger partial charge is 0.507 e. The molecule has 28 heteroatoms. The van der Waals surface area contributed by atoms with Gasteiger partial charge in [0.15, 0.2) is 5.75 Å². The van der Waals surface area contributed by atoms with E-state index in [0.717, 1.165) is 30.3 Å². The number of azo groups is 1. The molecule has 0 saturated carbocycles. The van der Waals surface area contributed by atoms with Gasteiger partial charge in [0.05, 0.1) is 21.7 Å². The summed E-state index contributed by atoms with van der Waals surface area (Å²) in [6, 6.07) is 13.9. The number of halogens is 1. The van der Waals surface area contributed by atoms with Gasteiger partial charge in [-0.3, -0.25) is 18.6 Å². The van der Waals surface area contributed by atoms with Gasteiger partial charge in [-0.15, -0.1) is 10.2 Å². The van der Waals surface area contributed by atoms with Crippen molar-refractivity contribution in [2.45, 2.75) is 14.7 Å². The first-order valence-corrected chi connectivity index (χ1v) is 19.1. The van der Waals surface area contributed by atoms with Gasteiger partial charge in [0.2, 0.25) is 16.5 Å². The van der Waals surface area contributed by atoms with Gasteiger partial charge < -0.3 is 20.3 Å². The minimum Gasteiger partial charge on any atom is -0.507 e. The molecule has 0 aliphatic rings. The predicted octanol–water partition coefficient (Wildman–Crippen LogP) is 2.90. The number of hydrogen-bond donors (Lipinski definition) is 8. The first kappa shape index (κ1) is 52.1. The van der Waals surface area contributed by atoms with Crippen molar-refractivity contribution in [3.63, 3.8) is 0 Å². The Morgan fingerprint density at radius 3 is 1.98 bits per heavy atom. The number of aromatic nitrogens is 3. The van der Waals surface area contributed by atoms with Crippen LogP contribution in [0, 0.1) is 0 Å². The molecule has 6 rings (SSSR count). The quantitative estimate of drug-likeness (QED) is 0.0619. The summed E-state index contributed by atoms with van der Waals surface area (Å²) in [5.41, 5.74) is -3.14. The molecule has 58 heavy (non-hydrogen) atoms. The molecule has 8 N–H and O–H groups in total. The molecule has 0 aliphatic carbocycles. The number of nitrogens with zero attached hydrogens (tertiary/aromatic N) is 5. The van der Waals surface area contributed by atoms with E-state index >= 15 is 0 Å². The molecule has 0 unspecified atom stereocenters. The summed E-state index contributed by atoms with van der Waals surface area (Å²) in [5.74, 6) is -3.13. The van der Waals surface area contributed by atoms with Crippen LogP contribution in [0.25, 0.3) is 21.5 Å². The van der Waals surface area contributed by atoms with Crippen LogP contribution in [0.2, 0.25) is 5.28 Å². The Morgan fingerprint density at radius 2 is 1.38 bits per heavy atom. The Kier molecular flexibility index (Phi) is 18.1. The minimum atomic E-state index is -5.32. The third kappa shape index (κ3) is 11.6. The van der Waals surface area contributed by atoms with Crippen LogP contribution in [0.5, 0.6) is 11.5 Å². The van der Waals surface area contributed by atoms with E-state index in [1.165, 1.54) is 30.3 Å². The number of hydrogen-bond acceptors (Lipinski definition) is 14. The van der Waals surface area contributed by atoms with Crippen molar-refractivity contribution in [3.8, 4) is 11.5 Å². The maximum Gasteiger partial charge on any atom is 0.339 e. The van der Waals surface area contributed by atoms with E-state index in [-0.39, 0.29) is 146 Å². The van der Waals surface area contributed by atoms with Crippen LogP contribution in [-0.2, 0) is 30.4 Å². The fraction of sp³-hybridized carbons (Fsp3) is 0. The fourth-order valence-electron chi connectivity index (χ4n) is 5.16. The number of phenolic OH excluding ortho intramolecular Hbond substituents is 1. The Hall–Kier alpha value is -2.08. The van der Waals surface area contributed by atoms with Crippen LogP contribution in [0.1, 0.15) is 10.4 Å². The average molecular weight is 910 g/mol. The zero-order valence-electron chi connectivity index (χ0n) is 30.3. The number of fused-ring (bicyclic) bond motifs is 2. The van der Waals surface area contributed by atoms with Crippen LogP contribution in [-0.4, -0.2) is 193 Å². The molecule has 1 aromatic heterocycles. The van der Waals surface area contributed by atoms with Gasteiger partial charge in [0.1, 0.15) is 32.5 Å². The maximum absolute atomic E-state index is 12.5. The molecule has 5 aromatic carbocycles. The van der Waals surface area contributed by atoms with Gasteiger partial charge >= 0.3 is 5.97 Å². The number of carboxylic acid groups (broad SMARTS) is 1. The first-order valence-electron chi connectivity index (χ1n) is 14.4. The fourth-order valence-corrected chi connectivity index (χ4v) is 7.36. The summed E-state index contributed by atoms with van der Waals surface area (Å²) in [7, 11) is -15.4. The monoisotopic (exact) mass is 909 g/mol. The number of aromatic amines is 2. The molecule has 1 heterocycles.